The molecule has 0 saturated carbocycles. The molecule has 0 unspecified atom stereocenters. The highest BCUT2D eigenvalue weighted by Gasteiger charge is 2.13. The van der Waals surface area contributed by atoms with E-state index >= 15 is 0 Å². The van der Waals surface area contributed by atoms with Crippen LogP contribution in [0.4, 0.5) is 17.5 Å². The number of nitrogen functional groups attached to an aromatic ring is 3. The minimum atomic E-state index is -0.951. The molecule has 12 aromatic rings. The highest BCUT2D eigenvalue weighted by atomic mass is 35.5. The number of benzene rings is 3. The molecule has 3 aromatic carbocycles. The maximum absolute atomic E-state index is 12.6. The number of nitrogens with two attached hydrogens (primary N) is 4. The number of nitrogens with zero attached hydrogens (tertiary/aromatic N) is 9. The Labute approximate surface area is 539 Å². The molecule has 22 heteroatoms. The van der Waals surface area contributed by atoms with Gasteiger partial charge in [0, 0.05) is 138 Å². The zero-order valence-electron chi connectivity index (χ0n) is 49.7. The van der Waals surface area contributed by atoms with Gasteiger partial charge in [-0.25, -0.2) is 19.7 Å². The van der Waals surface area contributed by atoms with Gasteiger partial charge in [-0.05, 0) is 163 Å². The molecule has 11 N–H and O–H groups in total. The Kier molecular flexibility index (Phi) is 21.8. The van der Waals surface area contributed by atoms with E-state index in [1.807, 2.05) is 124 Å². The molecule has 12 rings (SSSR count). The molecule has 0 radical (unpaired) electrons. The number of carbonyl (C=O) groups excluding carboxylic acids is 2. The molecule has 0 aliphatic heterocycles. The van der Waals surface area contributed by atoms with Gasteiger partial charge >= 0.3 is 5.97 Å². The Morgan fingerprint density at radius 3 is 1.08 bits per heavy atom. The van der Waals surface area contributed by atoms with E-state index in [-0.39, 0.29) is 17.4 Å². The lowest BCUT2D eigenvalue weighted by atomic mass is 10.0. The molecule has 0 bridgehead atoms. The highest BCUT2D eigenvalue weighted by Crippen LogP contribution is 2.24. The summed E-state index contributed by atoms with van der Waals surface area (Å²) >= 11 is 18.0. The third kappa shape index (κ3) is 18.5. The first kappa shape index (κ1) is 64.9. The number of nitrogens with one attached hydrogen (secondary N) is 2. The van der Waals surface area contributed by atoms with E-state index in [0.29, 0.717) is 88.2 Å². The molecule has 91 heavy (non-hydrogen) atoms. The molecule has 0 fully saturated rings. The van der Waals surface area contributed by atoms with Gasteiger partial charge in [-0.15, -0.1) is 0 Å². The van der Waals surface area contributed by atoms with Crippen LogP contribution in [-0.4, -0.2) is 67.7 Å². The van der Waals surface area contributed by atoms with Crippen molar-refractivity contribution in [3.63, 3.8) is 0 Å². The Morgan fingerprint density at radius 2 is 0.747 bits per heavy atom. The fraction of sp³-hybridized carbons (Fsp3) is 0.130. The third-order valence-corrected chi connectivity index (χ3v) is 14.9. The average molecular weight is 1270 g/mol. The summed E-state index contributed by atoms with van der Waals surface area (Å²) in [6.45, 7) is 6.93. The van der Waals surface area contributed by atoms with Crippen LogP contribution in [0.25, 0.3) is 32.7 Å². The fourth-order valence-electron chi connectivity index (χ4n) is 9.53. The molecular formula is C69H62Cl3N15O4. The van der Waals surface area contributed by atoms with Crippen LogP contribution in [-0.2, 0) is 38.9 Å². The van der Waals surface area contributed by atoms with Crippen molar-refractivity contribution in [2.24, 2.45) is 5.73 Å². The lowest BCUT2D eigenvalue weighted by molar-refractivity contribution is 0.0696. The Balaban J connectivity index is 0.000000152. The average Bonchev–Trinajstić information content (AvgIpc) is 2.50. The Morgan fingerprint density at radius 1 is 0.418 bits per heavy atom. The monoisotopic (exact) mass is 1270 g/mol. The fourth-order valence-corrected chi connectivity index (χ4v) is 10.0. The molecule has 0 spiro atoms. The zero-order valence-corrected chi connectivity index (χ0v) is 52.0. The first-order chi connectivity index (χ1) is 43.8. The second-order valence-corrected chi connectivity index (χ2v) is 22.3. The van der Waals surface area contributed by atoms with Gasteiger partial charge in [0.05, 0.1) is 37.2 Å². The summed E-state index contributed by atoms with van der Waals surface area (Å²) in [6.07, 6.45) is 11.5. The number of pyridine rings is 9. The van der Waals surface area contributed by atoms with E-state index < -0.39 is 5.97 Å². The van der Waals surface area contributed by atoms with Crippen molar-refractivity contribution in [2.75, 3.05) is 17.2 Å². The highest BCUT2D eigenvalue weighted by molar-refractivity contribution is 6.31. The van der Waals surface area contributed by atoms with Gasteiger partial charge in [0.1, 0.15) is 17.5 Å². The van der Waals surface area contributed by atoms with Crippen LogP contribution in [0.15, 0.2) is 183 Å². The molecule has 0 saturated heterocycles. The van der Waals surface area contributed by atoms with Crippen LogP contribution in [0.1, 0.15) is 98.6 Å². The molecular weight excluding hydrogens is 1210 g/mol. The van der Waals surface area contributed by atoms with Crippen molar-refractivity contribution in [3.05, 3.63) is 282 Å². The minimum absolute atomic E-state index is 0.163. The molecule has 0 aliphatic carbocycles. The number of halogens is 3. The topological polar surface area (TPSA) is 316 Å². The first-order valence-corrected chi connectivity index (χ1v) is 29.6. The van der Waals surface area contributed by atoms with Crippen LogP contribution in [0, 0.1) is 20.8 Å². The summed E-state index contributed by atoms with van der Waals surface area (Å²) in [6, 6.07) is 44.5. The second-order valence-electron chi connectivity index (χ2n) is 21.0. The lowest BCUT2D eigenvalue weighted by Gasteiger charge is -2.09. The maximum atomic E-state index is 12.6. The van der Waals surface area contributed by atoms with E-state index in [4.69, 9.17) is 62.8 Å². The normalized spacial score (nSPS) is 10.7. The summed E-state index contributed by atoms with van der Waals surface area (Å²) in [7, 11) is 0. The number of carboxylic acid groups (broad SMARTS) is 1. The van der Waals surface area contributed by atoms with Crippen molar-refractivity contribution >= 4 is 103 Å². The number of aryl methyl sites for hydroxylation is 3. The van der Waals surface area contributed by atoms with E-state index in [0.717, 1.165) is 94.6 Å². The number of rotatable bonds is 14. The maximum Gasteiger partial charge on any atom is 0.335 e. The number of aromatic carboxylic acids is 1. The van der Waals surface area contributed by atoms with Gasteiger partial charge in [-0.3, -0.25) is 39.5 Å². The molecule has 458 valence electrons. The third-order valence-electron chi connectivity index (χ3n) is 14.3. The van der Waals surface area contributed by atoms with Crippen LogP contribution in [0.2, 0.25) is 15.1 Å². The van der Waals surface area contributed by atoms with Crippen molar-refractivity contribution < 1.29 is 19.5 Å². The van der Waals surface area contributed by atoms with E-state index in [1.165, 1.54) is 12.3 Å². The molecule has 0 aliphatic rings. The quantitative estimate of drug-likeness (QED) is 0.0532. The summed E-state index contributed by atoms with van der Waals surface area (Å²) in [5.74, 6) is 0.206. The van der Waals surface area contributed by atoms with Crippen molar-refractivity contribution in [3.8, 4) is 0 Å². The SMILES string of the molecule is Cc1nc(N)ccc1CN.Cc1nc(N)ccc1CNC(=O)c1ccnc(Cc2ccc3ncc(Cl)cc3c2)c1.Cc1nc(N)ccc1CNC(=O)c1ccnc(Cc2ccc3ncc(Cl)cc3c2)c1.O=C(O)c1ccnc(Cc2ccc3ncc(Cl)cc3c2)c1. The standard InChI is InChI=1S/2C23H20ClN5O.C16H11ClN2O2.C7H11N3/c2*1-14-17(3-5-22(25)29-14)12-28-23(30)16-6-7-26-20(11-16)9-15-2-4-21-18(8-15)10-19(24)13-27-21;17-13-7-12-5-10(1-2-15(12)19-9-13)6-14-8-11(16(20)21)3-4-18-14;1-5-6(4-8)2-3-7(9)10-5/h2*2-8,10-11,13H,9,12H2,1H3,(H2,25,29)(H,28,30);1-5,7-9H,6H2,(H,20,21);2-3H,4,8H2,1H3,(H2,9,10). The second kappa shape index (κ2) is 30.6. The van der Waals surface area contributed by atoms with Crippen molar-refractivity contribution in [1.82, 2.24) is 55.5 Å². The molecule has 9 heterocycles. The summed E-state index contributed by atoms with van der Waals surface area (Å²) in [5, 5.41) is 19.5. The van der Waals surface area contributed by atoms with Gasteiger partial charge in [0.25, 0.3) is 11.8 Å². The Hall–Kier alpha value is -10.6. The smallest absolute Gasteiger partial charge is 0.335 e. The predicted molar refractivity (Wildman–Crippen MR) is 359 cm³/mol. The largest absolute Gasteiger partial charge is 0.478 e. The van der Waals surface area contributed by atoms with Crippen LogP contribution in [0.5, 0.6) is 0 Å². The van der Waals surface area contributed by atoms with E-state index in [1.54, 1.807) is 67.4 Å². The number of fused-ring (bicyclic) bond motifs is 3. The number of carbonyl (C=O) groups is 3. The molecule has 19 nitrogen and oxygen atoms in total. The van der Waals surface area contributed by atoms with Gasteiger partial charge in [-0.1, -0.05) is 71.2 Å². The number of anilines is 3. The number of amides is 2. The number of aromatic nitrogens is 9. The van der Waals surface area contributed by atoms with E-state index in [9.17, 15) is 14.4 Å². The van der Waals surface area contributed by atoms with E-state index in [2.05, 4.69) is 55.5 Å². The van der Waals surface area contributed by atoms with Crippen LogP contribution in [0.3, 0.4) is 0 Å². The summed E-state index contributed by atoms with van der Waals surface area (Å²) in [4.78, 5) is 74.5. The zero-order chi connectivity index (χ0) is 64.6. The van der Waals surface area contributed by atoms with Crippen molar-refractivity contribution in [2.45, 2.75) is 59.7 Å². The first-order valence-electron chi connectivity index (χ1n) is 28.4. The molecule has 0 atom stereocenters. The van der Waals surface area contributed by atoms with Crippen LogP contribution < -0.4 is 33.6 Å². The number of carboxylic acids is 1. The van der Waals surface area contributed by atoms with Gasteiger partial charge in [0.2, 0.25) is 0 Å². The number of hydrogen-bond donors (Lipinski definition) is 7. The summed E-state index contributed by atoms with van der Waals surface area (Å²) in [5.41, 5.74) is 37.1. The number of hydrogen-bond acceptors (Lipinski definition) is 16. The predicted octanol–water partition coefficient (Wildman–Crippen LogP) is 12.2. The van der Waals surface area contributed by atoms with Gasteiger partial charge in [0.15, 0.2) is 0 Å². The van der Waals surface area contributed by atoms with Crippen LogP contribution >= 0.6 is 34.8 Å². The van der Waals surface area contributed by atoms with Gasteiger partial charge in [-0.2, -0.15) is 0 Å². The molecule has 2 amide bonds. The summed E-state index contributed by atoms with van der Waals surface area (Å²) < 4.78 is 0. The lowest BCUT2D eigenvalue weighted by Crippen LogP contribution is -2.23. The molecule has 9 aromatic heterocycles. The Bertz CT molecular complexity index is 4440. The minimum Gasteiger partial charge on any atom is -0.478 e. The van der Waals surface area contributed by atoms with Gasteiger partial charge < -0.3 is 38.7 Å². The van der Waals surface area contributed by atoms with Crippen molar-refractivity contribution in [1.29, 1.82) is 0 Å².